The van der Waals surface area contributed by atoms with Gasteiger partial charge in [-0.1, -0.05) is 34.1 Å². The average Bonchev–Trinajstić information content (AvgIpc) is 2.40. The molecule has 21 heavy (non-hydrogen) atoms. The van der Waals surface area contributed by atoms with E-state index in [1.54, 1.807) is 25.1 Å². The number of hydrogen-bond acceptors (Lipinski definition) is 1. The molecule has 0 heterocycles. The molecular formula is C15H11BrF4O. The Morgan fingerprint density at radius 3 is 2.43 bits per heavy atom. The lowest BCUT2D eigenvalue weighted by Gasteiger charge is -2.17. The van der Waals surface area contributed by atoms with E-state index in [1.807, 2.05) is 0 Å². The Hall–Kier alpha value is -1.40. The summed E-state index contributed by atoms with van der Waals surface area (Å²) < 4.78 is 52.1. The van der Waals surface area contributed by atoms with Crippen LogP contribution < -0.4 is 0 Å². The SMILES string of the molecule is Cc1c(Br)cccc1C(O)c1ccc(F)c(C(F)(F)F)c1. The number of aliphatic hydroxyl groups excluding tert-OH is 1. The molecule has 2 aromatic rings. The second kappa shape index (κ2) is 5.77. The van der Waals surface area contributed by atoms with Crippen molar-refractivity contribution in [1.82, 2.24) is 0 Å². The molecule has 2 rings (SSSR count). The minimum Gasteiger partial charge on any atom is -0.384 e. The van der Waals surface area contributed by atoms with Gasteiger partial charge in [-0.2, -0.15) is 13.2 Å². The Labute approximate surface area is 127 Å². The zero-order valence-corrected chi connectivity index (χ0v) is 12.5. The van der Waals surface area contributed by atoms with Gasteiger partial charge < -0.3 is 5.11 Å². The number of benzene rings is 2. The van der Waals surface area contributed by atoms with E-state index in [2.05, 4.69) is 15.9 Å². The average molecular weight is 363 g/mol. The normalized spacial score (nSPS) is 13.3. The van der Waals surface area contributed by atoms with Gasteiger partial charge in [0.1, 0.15) is 11.9 Å². The quantitative estimate of drug-likeness (QED) is 0.745. The molecule has 0 saturated heterocycles. The van der Waals surface area contributed by atoms with E-state index in [9.17, 15) is 22.7 Å². The number of alkyl halides is 3. The predicted octanol–water partition coefficient (Wildman–Crippen LogP) is 5.00. The largest absolute Gasteiger partial charge is 0.419 e. The fourth-order valence-corrected chi connectivity index (χ4v) is 2.41. The highest BCUT2D eigenvalue weighted by atomic mass is 79.9. The lowest BCUT2D eigenvalue weighted by Crippen LogP contribution is -2.11. The van der Waals surface area contributed by atoms with Crippen molar-refractivity contribution in [3.8, 4) is 0 Å². The molecular weight excluding hydrogens is 352 g/mol. The van der Waals surface area contributed by atoms with Crippen LogP contribution in [0.5, 0.6) is 0 Å². The van der Waals surface area contributed by atoms with E-state index < -0.39 is 23.7 Å². The van der Waals surface area contributed by atoms with Crippen LogP contribution in [0.3, 0.4) is 0 Å². The van der Waals surface area contributed by atoms with E-state index in [-0.39, 0.29) is 5.56 Å². The van der Waals surface area contributed by atoms with Gasteiger partial charge in [-0.15, -0.1) is 0 Å². The standard InChI is InChI=1S/C15H11BrF4O/c1-8-10(3-2-4-12(8)16)14(21)9-5-6-13(17)11(7-9)15(18,19)20/h2-7,14,21H,1H3. The Bertz CT molecular complexity index is 667. The number of rotatable bonds is 2. The van der Waals surface area contributed by atoms with Crippen LogP contribution in [0.15, 0.2) is 40.9 Å². The molecule has 0 aliphatic heterocycles. The molecule has 0 saturated carbocycles. The first-order valence-corrected chi connectivity index (χ1v) is 6.81. The fourth-order valence-electron chi connectivity index (χ4n) is 2.03. The first-order valence-electron chi connectivity index (χ1n) is 6.01. The molecule has 0 bridgehead atoms. The number of halogens is 5. The van der Waals surface area contributed by atoms with Crippen LogP contribution in [0.25, 0.3) is 0 Å². The van der Waals surface area contributed by atoms with Crippen LogP contribution in [-0.4, -0.2) is 5.11 Å². The van der Waals surface area contributed by atoms with E-state index >= 15 is 0 Å². The maximum Gasteiger partial charge on any atom is 0.419 e. The van der Waals surface area contributed by atoms with Crippen molar-refractivity contribution in [2.75, 3.05) is 0 Å². The zero-order chi connectivity index (χ0) is 15.8. The smallest absolute Gasteiger partial charge is 0.384 e. The van der Waals surface area contributed by atoms with Crippen molar-refractivity contribution in [2.45, 2.75) is 19.2 Å². The Morgan fingerprint density at radius 2 is 1.81 bits per heavy atom. The molecule has 112 valence electrons. The predicted molar refractivity (Wildman–Crippen MR) is 74.3 cm³/mol. The molecule has 6 heteroatoms. The Kier molecular flexibility index (Phi) is 4.39. The summed E-state index contributed by atoms with van der Waals surface area (Å²) in [6.07, 6.45) is -6.06. The second-order valence-electron chi connectivity index (χ2n) is 4.59. The van der Waals surface area contributed by atoms with Crippen molar-refractivity contribution >= 4 is 15.9 Å². The van der Waals surface area contributed by atoms with Crippen molar-refractivity contribution in [3.63, 3.8) is 0 Å². The molecule has 0 spiro atoms. The van der Waals surface area contributed by atoms with Gasteiger partial charge in [0.2, 0.25) is 0 Å². The summed E-state index contributed by atoms with van der Waals surface area (Å²) in [6.45, 7) is 1.73. The van der Waals surface area contributed by atoms with Crippen molar-refractivity contribution in [1.29, 1.82) is 0 Å². The third-order valence-corrected chi connectivity index (χ3v) is 4.07. The molecule has 0 aliphatic carbocycles. The summed E-state index contributed by atoms with van der Waals surface area (Å²) in [5, 5.41) is 10.3. The number of aliphatic hydroxyl groups is 1. The van der Waals surface area contributed by atoms with Crippen molar-refractivity contribution in [2.24, 2.45) is 0 Å². The van der Waals surface area contributed by atoms with Crippen molar-refractivity contribution in [3.05, 3.63) is 68.9 Å². The van der Waals surface area contributed by atoms with Crippen LogP contribution in [0, 0.1) is 12.7 Å². The highest BCUT2D eigenvalue weighted by Crippen LogP contribution is 2.35. The Morgan fingerprint density at radius 1 is 1.14 bits per heavy atom. The summed E-state index contributed by atoms with van der Waals surface area (Å²) in [7, 11) is 0. The molecule has 1 N–H and O–H groups in total. The maximum atomic E-state index is 13.3. The summed E-state index contributed by atoms with van der Waals surface area (Å²) in [4.78, 5) is 0. The molecule has 1 atom stereocenters. The van der Waals surface area contributed by atoms with Crippen LogP contribution >= 0.6 is 15.9 Å². The second-order valence-corrected chi connectivity index (χ2v) is 5.45. The third-order valence-electron chi connectivity index (χ3n) is 3.22. The highest BCUT2D eigenvalue weighted by Gasteiger charge is 2.34. The minimum absolute atomic E-state index is 0.00933. The third kappa shape index (κ3) is 3.27. The van der Waals surface area contributed by atoms with Crippen LogP contribution in [0.4, 0.5) is 17.6 Å². The van der Waals surface area contributed by atoms with Gasteiger partial charge in [0.25, 0.3) is 0 Å². The van der Waals surface area contributed by atoms with Crippen LogP contribution in [0.2, 0.25) is 0 Å². The van der Waals surface area contributed by atoms with Gasteiger partial charge in [0, 0.05) is 4.47 Å². The molecule has 2 aromatic carbocycles. The van der Waals surface area contributed by atoms with E-state index in [0.29, 0.717) is 23.3 Å². The first-order chi connectivity index (χ1) is 9.71. The molecule has 0 aliphatic rings. The first kappa shape index (κ1) is 16.0. The highest BCUT2D eigenvalue weighted by molar-refractivity contribution is 9.10. The molecule has 1 nitrogen and oxygen atoms in total. The topological polar surface area (TPSA) is 20.2 Å². The fraction of sp³-hybridized carbons (Fsp3) is 0.200. The minimum atomic E-state index is -4.80. The summed E-state index contributed by atoms with van der Waals surface area (Å²) in [5.74, 6) is -1.36. The monoisotopic (exact) mass is 362 g/mol. The molecule has 0 aromatic heterocycles. The van der Waals surface area contributed by atoms with Gasteiger partial charge in [0.05, 0.1) is 5.56 Å². The molecule has 0 amide bonds. The molecule has 0 radical (unpaired) electrons. The van der Waals surface area contributed by atoms with Gasteiger partial charge in [-0.05, 0) is 41.8 Å². The van der Waals surface area contributed by atoms with Gasteiger partial charge in [0.15, 0.2) is 0 Å². The van der Waals surface area contributed by atoms with Gasteiger partial charge in [-0.3, -0.25) is 0 Å². The van der Waals surface area contributed by atoms with E-state index in [0.717, 1.165) is 10.5 Å². The van der Waals surface area contributed by atoms with Crippen molar-refractivity contribution < 1.29 is 22.7 Å². The molecule has 0 fully saturated rings. The van der Waals surface area contributed by atoms with Gasteiger partial charge >= 0.3 is 6.18 Å². The maximum absolute atomic E-state index is 13.3. The van der Waals surface area contributed by atoms with Crippen LogP contribution in [-0.2, 0) is 6.18 Å². The number of hydrogen-bond donors (Lipinski definition) is 1. The zero-order valence-electron chi connectivity index (χ0n) is 10.9. The summed E-state index contributed by atoms with van der Waals surface area (Å²) >= 11 is 3.29. The summed E-state index contributed by atoms with van der Waals surface area (Å²) in [6, 6.07) is 7.55. The lowest BCUT2D eigenvalue weighted by molar-refractivity contribution is -0.140. The Balaban J connectivity index is 2.49. The van der Waals surface area contributed by atoms with E-state index in [4.69, 9.17) is 0 Å². The van der Waals surface area contributed by atoms with Gasteiger partial charge in [-0.25, -0.2) is 4.39 Å². The van der Waals surface area contributed by atoms with E-state index in [1.165, 1.54) is 0 Å². The van der Waals surface area contributed by atoms with Crippen LogP contribution in [0.1, 0.15) is 28.4 Å². The molecule has 1 unspecified atom stereocenters. The summed E-state index contributed by atoms with van der Waals surface area (Å²) in [5.41, 5.74) is -0.219. The lowest BCUT2D eigenvalue weighted by atomic mass is 9.96.